The number of nitrogens with zero attached hydrogens (tertiary/aromatic N) is 3. The Morgan fingerprint density at radius 1 is 1.02 bits per heavy atom. The van der Waals surface area contributed by atoms with Gasteiger partial charge in [-0.05, 0) is 48.4 Å². The molecule has 6 rings (SSSR count). The molecule has 0 spiro atoms. The van der Waals surface area contributed by atoms with Crippen molar-refractivity contribution in [2.75, 3.05) is 24.7 Å². The highest BCUT2D eigenvalue weighted by Gasteiger charge is 2.48. The van der Waals surface area contributed by atoms with Crippen LogP contribution in [0, 0.1) is 0 Å². The quantitative estimate of drug-likeness (QED) is 0.0922. The Morgan fingerprint density at radius 3 is 2.63 bits per heavy atom. The molecule has 2 aliphatic heterocycles. The lowest BCUT2D eigenvalue weighted by Crippen LogP contribution is -2.29. The van der Waals surface area contributed by atoms with Crippen molar-refractivity contribution in [3.8, 4) is 17.2 Å². The van der Waals surface area contributed by atoms with Crippen molar-refractivity contribution < 1.29 is 28.9 Å². The van der Waals surface area contributed by atoms with Gasteiger partial charge in [-0.1, -0.05) is 65.6 Å². The number of rotatable bonds is 8. The Labute approximate surface area is 244 Å². The maximum absolute atomic E-state index is 13.6. The molecule has 9 nitrogen and oxygen atoms in total. The molecular weight excluding hydrogens is 562 g/mol. The third-order valence-corrected chi connectivity index (χ3v) is 8.68. The lowest BCUT2D eigenvalue weighted by Gasteiger charge is -2.23. The summed E-state index contributed by atoms with van der Waals surface area (Å²) < 4.78 is 17.6. The van der Waals surface area contributed by atoms with Gasteiger partial charge < -0.3 is 19.3 Å². The lowest BCUT2D eigenvalue weighted by molar-refractivity contribution is -0.132. The number of ether oxygens (including phenoxy) is 3. The molecule has 41 heavy (non-hydrogen) atoms. The predicted molar refractivity (Wildman–Crippen MR) is 156 cm³/mol. The van der Waals surface area contributed by atoms with Gasteiger partial charge in [0.1, 0.15) is 24.7 Å². The summed E-state index contributed by atoms with van der Waals surface area (Å²) in [6, 6.07) is 21.0. The monoisotopic (exact) mass is 587 g/mol. The zero-order valence-electron chi connectivity index (χ0n) is 22.0. The molecule has 1 saturated heterocycles. The van der Waals surface area contributed by atoms with Crippen LogP contribution in [0.25, 0.3) is 5.76 Å². The van der Waals surface area contributed by atoms with Crippen molar-refractivity contribution in [3.05, 3.63) is 95.1 Å². The largest absolute Gasteiger partial charge is 0.507 e. The number of aliphatic hydroxyl groups is 1. The van der Waals surface area contributed by atoms with E-state index < -0.39 is 17.7 Å². The minimum Gasteiger partial charge on any atom is -0.507 e. The number of hydrogen-bond donors (Lipinski definition) is 1. The zero-order valence-corrected chi connectivity index (χ0v) is 23.6. The SMILES string of the molecule is CCOc1cccc([C@@H]2C(=C(O)c3ccc4c(c3)OCCO4)C(=O)C(=O)N2c2nnc(SCc3ccccc3)s2)c1. The first-order valence-corrected chi connectivity index (χ1v) is 14.8. The van der Waals surface area contributed by atoms with Gasteiger partial charge in [0.25, 0.3) is 5.78 Å². The van der Waals surface area contributed by atoms with Crippen molar-refractivity contribution in [1.82, 2.24) is 10.2 Å². The summed E-state index contributed by atoms with van der Waals surface area (Å²) in [6.07, 6.45) is 0. The summed E-state index contributed by atoms with van der Waals surface area (Å²) in [7, 11) is 0. The maximum Gasteiger partial charge on any atom is 0.301 e. The van der Waals surface area contributed by atoms with Crippen LogP contribution in [0.4, 0.5) is 5.13 Å². The van der Waals surface area contributed by atoms with Crippen molar-refractivity contribution in [2.24, 2.45) is 0 Å². The first-order valence-electron chi connectivity index (χ1n) is 13.0. The summed E-state index contributed by atoms with van der Waals surface area (Å²) in [5, 5.41) is 20.3. The second-order valence-electron chi connectivity index (χ2n) is 9.16. The van der Waals surface area contributed by atoms with E-state index in [0.717, 1.165) is 5.56 Å². The van der Waals surface area contributed by atoms with Crippen molar-refractivity contribution in [1.29, 1.82) is 0 Å². The first-order chi connectivity index (χ1) is 20.0. The van der Waals surface area contributed by atoms with E-state index in [0.29, 0.717) is 58.3 Å². The van der Waals surface area contributed by atoms with Gasteiger partial charge in [0.15, 0.2) is 15.8 Å². The maximum atomic E-state index is 13.6. The summed E-state index contributed by atoms with van der Waals surface area (Å²) >= 11 is 2.71. The number of amides is 1. The van der Waals surface area contributed by atoms with Crippen LogP contribution in [-0.4, -0.2) is 46.8 Å². The summed E-state index contributed by atoms with van der Waals surface area (Å²) in [5.41, 5.74) is 1.98. The molecule has 4 aromatic rings. The van der Waals surface area contributed by atoms with Crippen LogP contribution >= 0.6 is 23.1 Å². The van der Waals surface area contributed by atoms with Gasteiger partial charge in [-0.3, -0.25) is 14.5 Å². The molecule has 1 aromatic heterocycles. The Balaban J connectivity index is 1.41. The second-order valence-corrected chi connectivity index (χ2v) is 11.3. The molecule has 11 heteroatoms. The minimum absolute atomic E-state index is 0.0611. The van der Waals surface area contributed by atoms with E-state index in [-0.39, 0.29) is 16.5 Å². The molecule has 208 valence electrons. The average Bonchev–Trinajstić information content (AvgIpc) is 3.58. The molecule has 1 fully saturated rings. The van der Waals surface area contributed by atoms with E-state index in [4.69, 9.17) is 14.2 Å². The Bertz CT molecular complexity index is 1640. The fourth-order valence-corrected chi connectivity index (χ4v) is 6.53. The first kappa shape index (κ1) is 26.9. The van der Waals surface area contributed by atoms with Crippen LogP contribution in [0.3, 0.4) is 0 Å². The van der Waals surface area contributed by atoms with Crippen molar-refractivity contribution in [2.45, 2.75) is 23.1 Å². The second kappa shape index (κ2) is 11.6. The Kier molecular flexibility index (Phi) is 7.62. The number of hydrogen-bond acceptors (Lipinski definition) is 10. The fraction of sp³-hybridized carbons (Fsp3) is 0.200. The number of Topliss-reactive ketones (excluding diaryl/α,β-unsaturated/α-hetero) is 1. The average molecular weight is 588 g/mol. The number of thioether (sulfide) groups is 1. The highest BCUT2D eigenvalue weighted by molar-refractivity contribution is 8.00. The molecule has 0 saturated carbocycles. The molecule has 1 atom stereocenters. The van der Waals surface area contributed by atoms with E-state index in [2.05, 4.69) is 10.2 Å². The molecule has 3 aromatic carbocycles. The smallest absolute Gasteiger partial charge is 0.301 e. The minimum atomic E-state index is -0.955. The van der Waals surface area contributed by atoms with Gasteiger partial charge in [-0.2, -0.15) is 0 Å². The van der Waals surface area contributed by atoms with E-state index >= 15 is 0 Å². The molecule has 0 radical (unpaired) electrons. The van der Waals surface area contributed by atoms with Crippen LogP contribution in [0.5, 0.6) is 17.2 Å². The summed E-state index contributed by atoms with van der Waals surface area (Å²) in [6.45, 7) is 3.11. The number of carbonyl (C=O) groups excluding carboxylic acids is 2. The van der Waals surface area contributed by atoms with E-state index in [1.54, 1.807) is 42.5 Å². The third-order valence-electron chi connectivity index (χ3n) is 6.55. The van der Waals surface area contributed by atoms with Gasteiger partial charge in [0.2, 0.25) is 5.13 Å². The van der Waals surface area contributed by atoms with Crippen LogP contribution in [-0.2, 0) is 15.3 Å². The molecule has 0 unspecified atom stereocenters. The van der Waals surface area contributed by atoms with Gasteiger partial charge >= 0.3 is 5.91 Å². The molecule has 0 bridgehead atoms. The van der Waals surface area contributed by atoms with Crippen LogP contribution in [0.2, 0.25) is 0 Å². The zero-order chi connectivity index (χ0) is 28.3. The van der Waals surface area contributed by atoms with Crippen LogP contribution < -0.4 is 19.1 Å². The summed E-state index contributed by atoms with van der Waals surface area (Å²) in [5.74, 6) is 0.309. The number of fused-ring (bicyclic) bond motifs is 1. The number of anilines is 1. The van der Waals surface area contributed by atoms with Crippen LogP contribution in [0.15, 0.2) is 82.7 Å². The molecule has 0 aliphatic carbocycles. The normalized spacial score (nSPS) is 17.6. The lowest BCUT2D eigenvalue weighted by atomic mass is 9.95. The number of aliphatic hydroxyl groups excluding tert-OH is 1. The highest BCUT2D eigenvalue weighted by Crippen LogP contribution is 2.45. The Hall–Kier alpha value is -4.35. The van der Waals surface area contributed by atoms with Gasteiger partial charge in [-0.25, -0.2) is 0 Å². The third kappa shape index (κ3) is 5.38. The van der Waals surface area contributed by atoms with Crippen LogP contribution in [0.1, 0.15) is 29.7 Å². The van der Waals surface area contributed by atoms with E-state index in [1.165, 1.54) is 28.0 Å². The molecule has 1 amide bonds. The molecule has 2 aliphatic rings. The standard InChI is InChI=1S/C30H25N3O6S2/c1-2-37-21-10-6-9-19(15-21)25-24(26(34)20-11-12-22-23(16-20)39-14-13-38-22)27(35)28(36)33(25)29-31-32-30(41-29)40-17-18-7-4-3-5-8-18/h3-12,15-16,25,34H,2,13-14,17H2,1H3/t25-/m1/s1. The van der Waals surface area contributed by atoms with Crippen molar-refractivity contribution in [3.63, 3.8) is 0 Å². The molecule has 3 heterocycles. The fourth-order valence-electron chi connectivity index (χ4n) is 4.71. The van der Waals surface area contributed by atoms with Crippen molar-refractivity contribution >= 4 is 45.7 Å². The highest BCUT2D eigenvalue weighted by atomic mass is 32.2. The topological polar surface area (TPSA) is 111 Å². The van der Waals surface area contributed by atoms with Gasteiger partial charge in [0, 0.05) is 11.3 Å². The molecular formula is C30H25N3O6S2. The van der Waals surface area contributed by atoms with E-state index in [1.807, 2.05) is 37.3 Å². The van der Waals surface area contributed by atoms with Gasteiger partial charge in [0.05, 0.1) is 18.2 Å². The number of benzene rings is 3. The number of ketones is 1. The number of carbonyl (C=O) groups is 2. The predicted octanol–water partition coefficient (Wildman–Crippen LogP) is 5.63. The van der Waals surface area contributed by atoms with E-state index in [9.17, 15) is 14.7 Å². The van der Waals surface area contributed by atoms with Gasteiger partial charge in [-0.15, -0.1) is 10.2 Å². The summed E-state index contributed by atoms with van der Waals surface area (Å²) in [4.78, 5) is 28.4. The molecule has 1 N–H and O–H groups in total. The Morgan fingerprint density at radius 2 is 1.83 bits per heavy atom. The number of aromatic nitrogens is 2.